The molecule has 0 aromatic heterocycles. The van der Waals surface area contributed by atoms with Gasteiger partial charge in [-0.25, -0.2) is 4.39 Å². The lowest BCUT2D eigenvalue weighted by Crippen LogP contribution is -2.44. The largest absolute Gasteiger partial charge is 0.489 e. The summed E-state index contributed by atoms with van der Waals surface area (Å²) in [6.07, 6.45) is 2.70. The molecule has 0 atom stereocenters. The molecule has 39 heavy (non-hydrogen) atoms. The van der Waals surface area contributed by atoms with Gasteiger partial charge in [-0.2, -0.15) is 0 Å². The molecule has 0 bridgehead atoms. The molecule has 202 valence electrons. The van der Waals surface area contributed by atoms with Crippen molar-refractivity contribution in [2.75, 3.05) is 19.6 Å². The predicted molar refractivity (Wildman–Crippen MR) is 156 cm³/mol. The molecule has 1 saturated heterocycles. The van der Waals surface area contributed by atoms with Crippen LogP contribution in [0.2, 0.25) is 0 Å². The van der Waals surface area contributed by atoms with Gasteiger partial charge in [0.05, 0.1) is 5.60 Å². The minimum atomic E-state index is -1.37. The van der Waals surface area contributed by atoms with Crippen LogP contribution in [0.25, 0.3) is 0 Å². The van der Waals surface area contributed by atoms with E-state index in [-0.39, 0.29) is 0 Å². The maximum atomic E-state index is 16.1. The van der Waals surface area contributed by atoms with Gasteiger partial charge < -0.3 is 14.7 Å². The van der Waals surface area contributed by atoms with Crippen molar-refractivity contribution in [1.29, 1.82) is 0 Å². The van der Waals surface area contributed by atoms with Crippen LogP contribution in [-0.4, -0.2) is 35.2 Å². The maximum absolute atomic E-state index is 16.1. The Morgan fingerprint density at radius 2 is 1.26 bits per heavy atom. The molecule has 5 rings (SSSR count). The fourth-order valence-electron chi connectivity index (χ4n) is 5.58. The lowest BCUT2D eigenvalue weighted by Gasteiger charge is -2.38. The van der Waals surface area contributed by atoms with E-state index in [0.29, 0.717) is 63.1 Å². The third kappa shape index (κ3) is 7.56. The molecule has 1 N–H and O–H groups in total. The number of nitrogens with zero attached hydrogens (tertiary/aromatic N) is 1. The SMILES string of the molecule is OC(CCN1CCC(F)(c2cccc(OCc3ccccc3)c2)CC1)(Cc1ccccc1)Cc1ccccc1. The molecular formula is C35H38FNO2. The molecule has 0 radical (unpaired) electrons. The first-order chi connectivity index (χ1) is 19.0. The summed E-state index contributed by atoms with van der Waals surface area (Å²) in [5.74, 6) is 0.697. The van der Waals surface area contributed by atoms with E-state index < -0.39 is 11.3 Å². The number of ether oxygens (including phenoxy) is 1. The summed E-state index contributed by atoms with van der Waals surface area (Å²) in [5.41, 5.74) is 1.81. The lowest BCUT2D eigenvalue weighted by molar-refractivity contribution is 0.00663. The van der Waals surface area contributed by atoms with E-state index in [4.69, 9.17) is 4.74 Å². The minimum absolute atomic E-state index is 0.435. The van der Waals surface area contributed by atoms with E-state index >= 15 is 4.39 Å². The average Bonchev–Trinajstić information content (AvgIpc) is 2.98. The Hall–Kier alpha value is -3.47. The van der Waals surface area contributed by atoms with Gasteiger partial charge in [-0.3, -0.25) is 0 Å². The molecule has 0 aliphatic carbocycles. The van der Waals surface area contributed by atoms with E-state index in [1.165, 1.54) is 0 Å². The Morgan fingerprint density at radius 3 is 1.82 bits per heavy atom. The van der Waals surface area contributed by atoms with Gasteiger partial charge in [0.15, 0.2) is 0 Å². The van der Waals surface area contributed by atoms with Gasteiger partial charge >= 0.3 is 0 Å². The molecule has 0 saturated carbocycles. The summed E-state index contributed by atoms with van der Waals surface area (Å²) in [4.78, 5) is 2.30. The van der Waals surface area contributed by atoms with Gasteiger partial charge in [-0.05, 0) is 53.6 Å². The third-order valence-corrected chi connectivity index (χ3v) is 7.89. The highest BCUT2D eigenvalue weighted by Gasteiger charge is 2.37. The highest BCUT2D eigenvalue weighted by atomic mass is 19.1. The van der Waals surface area contributed by atoms with Crippen molar-refractivity contribution in [2.45, 2.75) is 50.0 Å². The zero-order valence-corrected chi connectivity index (χ0v) is 22.5. The molecule has 4 aromatic rings. The van der Waals surface area contributed by atoms with Gasteiger partial charge in [0.25, 0.3) is 0 Å². The predicted octanol–water partition coefficient (Wildman–Crippen LogP) is 7.13. The monoisotopic (exact) mass is 523 g/mol. The topological polar surface area (TPSA) is 32.7 Å². The Balaban J connectivity index is 1.18. The molecule has 1 fully saturated rings. The molecule has 1 heterocycles. The molecule has 4 heteroatoms. The fourth-order valence-corrected chi connectivity index (χ4v) is 5.58. The molecule has 0 amide bonds. The summed E-state index contributed by atoms with van der Waals surface area (Å²) < 4.78 is 22.1. The Morgan fingerprint density at radius 1 is 0.718 bits per heavy atom. The Labute approximate surface area is 231 Å². The van der Waals surface area contributed by atoms with Crippen molar-refractivity contribution in [3.63, 3.8) is 0 Å². The molecular weight excluding hydrogens is 485 g/mol. The number of halogens is 1. The molecule has 3 nitrogen and oxygen atoms in total. The molecule has 1 aliphatic rings. The molecule has 4 aromatic carbocycles. The maximum Gasteiger partial charge on any atom is 0.138 e. The minimum Gasteiger partial charge on any atom is -0.489 e. The van der Waals surface area contributed by atoms with Gasteiger partial charge in [-0.1, -0.05) is 103 Å². The van der Waals surface area contributed by atoms with E-state index in [0.717, 1.165) is 23.2 Å². The van der Waals surface area contributed by atoms with E-state index in [1.54, 1.807) is 0 Å². The van der Waals surface area contributed by atoms with Crippen molar-refractivity contribution < 1.29 is 14.2 Å². The number of aliphatic hydroxyl groups is 1. The van der Waals surface area contributed by atoms with E-state index in [9.17, 15) is 5.11 Å². The second-order valence-corrected chi connectivity index (χ2v) is 10.9. The van der Waals surface area contributed by atoms with Crippen LogP contribution in [0.1, 0.15) is 41.5 Å². The fraction of sp³-hybridized carbons (Fsp3) is 0.314. The second-order valence-electron chi connectivity index (χ2n) is 10.9. The van der Waals surface area contributed by atoms with E-state index in [2.05, 4.69) is 29.2 Å². The van der Waals surface area contributed by atoms with Crippen LogP contribution in [0.3, 0.4) is 0 Å². The molecule has 0 spiro atoms. The van der Waals surface area contributed by atoms with Gasteiger partial charge in [0.2, 0.25) is 0 Å². The van der Waals surface area contributed by atoms with Gasteiger partial charge in [0, 0.05) is 32.5 Å². The van der Waals surface area contributed by atoms with Crippen molar-refractivity contribution in [1.82, 2.24) is 4.90 Å². The Bertz CT molecular complexity index is 1250. The standard InChI is InChI=1S/C35H38FNO2/c36-35(32-17-10-18-33(25-32)39-28-31-15-8-3-9-16-31)20-23-37(24-21-35)22-19-34(38,26-29-11-4-1-5-12-29)27-30-13-6-2-7-14-30/h1-18,25,38H,19-24,26-28H2. The summed E-state index contributed by atoms with van der Waals surface area (Å²) in [6.45, 7) is 2.54. The third-order valence-electron chi connectivity index (χ3n) is 7.89. The van der Waals surface area contributed by atoms with Crippen LogP contribution in [0, 0.1) is 0 Å². The Kier molecular flexibility index (Phi) is 8.75. The first-order valence-corrected chi connectivity index (χ1v) is 14.0. The van der Waals surface area contributed by atoms with Crippen LogP contribution in [0.15, 0.2) is 115 Å². The van der Waals surface area contributed by atoms with Crippen LogP contribution in [0.4, 0.5) is 4.39 Å². The summed E-state index contributed by atoms with van der Waals surface area (Å²) in [5, 5.41) is 11.8. The van der Waals surface area contributed by atoms with E-state index in [1.807, 2.05) is 91.0 Å². The average molecular weight is 524 g/mol. The van der Waals surface area contributed by atoms with Crippen LogP contribution >= 0.6 is 0 Å². The quantitative estimate of drug-likeness (QED) is 0.227. The van der Waals surface area contributed by atoms with Crippen LogP contribution < -0.4 is 4.74 Å². The number of piperidine rings is 1. The zero-order valence-electron chi connectivity index (χ0n) is 22.5. The van der Waals surface area contributed by atoms with Crippen molar-refractivity contribution >= 4 is 0 Å². The van der Waals surface area contributed by atoms with Crippen molar-refractivity contribution in [3.05, 3.63) is 138 Å². The number of benzene rings is 4. The zero-order chi connectivity index (χ0) is 27.0. The highest BCUT2D eigenvalue weighted by molar-refractivity contribution is 5.33. The highest BCUT2D eigenvalue weighted by Crippen LogP contribution is 2.38. The van der Waals surface area contributed by atoms with Crippen LogP contribution in [-0.2, 0) is 25.1 Å². The van der Waals surface area contributed by atoms with Crippen molar-refractivity contribution in [3.8, 4) is 5.75 Å². The number of likely N-dealkylation sites (tertiary alicyclic amines) is 1. The number of alkyl halides is 1. The summed E-state index contributed by atoms with van der Waals surface area (Å²) in [6, 6.07) is 37.9. The number of hydrogen-bond donors (Lipinski definition) is 1. The lowest BCUT2D eigenvalue weighted by atomic mass is 9.83. The normalized spacial score (nSPS) is 15.6. The molecule has 0 unspecified atom stereocenters. The summed E-state index contributed by atoms with van der Waals surface area (Å²) >= 11 is 0. The number of hydrogen-bond acceptors (Lipinski definition) is 3. The first-order valence-electron chi connectivity index (χ1n) is 14.0. The van der Waals surface area contributed by atoms with Crippen LogP contribution in [0.5, 0.6) is 5.75 Å². The second kappa shape index (κ2) is 12.6. The number of rotatable bonds is 11. The summed E-state index contributed by atoms with van der Waals surface area (Å²) in [7, 11) is 0. The van der Waals surface area contributed by atoms with Crippen molar-refractivity contribution in [2.24, 2.45) is 0 Å². The smallest absolute Gasteiger partial charge is 0.138 e. The van der Waals surface area contributed by atoms with Gasteiger partial charge in [0.1, 0.15) is 18.0 Å². The van der Waals surface area contributed by atoms with Gasteiger partial charge in [-0.15, -0.1) is 0 Å². The molecule has 1 aliphatic heterocycles. The first kappa shape index (κ1) is 27.1.